The number of aromatic nitrogens is 2. The van der Waals surface area contributed by atoms with Crippen LogP contribution in [0.4, 0.5) is 0 Å². The lowest BCUT2D eigenvalue weighted by Gasteiger charge is -2.23. The molecule has 1 aliphatic heterocycles. The number of nitrogens with zero attached hydrogens (tertiary/aromatic N) is 2. The maximum Gasteiger partial charge on any atom is 0.135 e. The molecule has 2 aromatic heterocycles. The molecule has 0 spiro atoms. The predicted octanol–water partition coefficient (Wildman–Crippen LogP) is 14.1. The van der Waals surface area contributed by atoms with Crippen molar-refractivity contribution in [3.8, 4) is 56.3 Å². The van der Waals surface area contributed by atoms with E-state index in [4.69, 9.17) is 4.74 Å². The van der Waals surface area contributed by atoms with Gasteiger partial charge in [0.2, 0.25) is 0 Å². The van der Waals surface area contributed by atoms with Gasteiger partial charge in [-0.3, -0.25) is 0 Å². The number of fused-ring (bicyclic) bond motifs is 9. The van der Waals surface area contributed by atoms with Gasteiger partial charge in [-0.25, -0.2) is 0 Å². The molecule has 3 heterocycles. The van der Waals surface area contributed by atoms with Crippen molar-refractivity contribution >= 4 is 54.4 Å². The van der Waals surface area contributed by atoms with Crippen LogP contribution in [0.25, 0.3) is 99.1 Å². The molecule has 3 nitrogen and oxygen atoms in total. The highest BCUT2D eigenvalue weighted by Gasteiger charge is 2.25. The zero-order valence-electron chi connectivity index (χ0n) is 29.8. The molecule has 0 saturated carbocycles. The summed E-state index contributed by atoms with van der Waals surface area (Å²) in [6, 6.07) is 70.1. The maximum absolute atomic E-state index is 6.67. The topological polar surface area (TPSA) is 19.1 Å². The van der Waals surface area contributed by atoms with Gasteiger partial charge in [0.15, 0.2) is 0 Å². The minimum atomic E-state index is 0.877. The minimum Gasteiger partial charge on any atom is -0.456 e. The van der Waals surface area contributed by atoms with Crippen molar-refractivity contribution in [2.45, 2.75) is 0 Å². The average molecular weight is 701 g/mol. The van der Waals surface area contributed by atoms with Crippen molar-refractivity contribution in [2.75, 3.05) is 0 Å². The molecular formula is C52H32N2O. The third kappa shape index (κ3) is 4.44. The Morgan fingerprint density at radius 1 is 0.291 bits per heavy atom. The van der Waals surface area contributed by atoms with Gasteiger partial charge in [0, 0.05) is 43.9 Å². The number of para-hydroxylation sites is 3. The standard InChI is InChI=1S/C52H32N2O/c1-3-12-33(13-4-1)35-24-28-47-42(30-35)39-16-7-9-19-45(39)53(47)38-26-22-34(23-27-38)36-25-29-49-43(31-36)44-32-48-51(41-18-11-21-50(55-49)52(41)44)40-17-8-10-20-46(40)54(48)37-14-5-2-6-15-37/h1-32H. The summed E-state index contributed by atoms with van der Waals surface area (Å²) in [5.74, 6) is 1.78. The van der Waals surface area contributed by atoms with E-state index in [2.05, 4.69) is 203 Å². The highest BCUT2D eigenvalue weighted by molar-refractivity contribution is 6.26. The van der Waals surface area contributed by atoms with E-state index >= 15 is 0 Å². The first-order chi connectivity index (χ1) is 27.3. The summed E-state index contributed by atoms with van der Waals surface area (Å²) in [6.07, 6.45) is 0. The smallest absolute Gasteiger partial charge is 0.135 e. The van der Waals surface area contributed by atoms with Crippen molar-refractivity contribution in [2.24, 2.45) is 0 Å². The Bertz CT molecular complexity index is 3320. The van der Waals surface area contributed by atoms with Gasteiger partial charge < -0.3 is 13.9 Å². The summed E-state index contributed by atoms with van der Waals surface area (Å²) in [6.45, 7) is 0. The fourth-order valence-electron chi connectivity index (χ4n) is 9.05. The first-order valence-electron chi connectivity index (χ1n) is 18.8. The van der Waals surface area contributed by atoms with Gasteiger partial charge >= 0.3 is 0 Å². The van der Waals surface area contributed by atoms with Crippen LogP contribution < -0.4 is 4.74 Å². The van der Waals surface area contributed by atoms with E-state index in [1.54, 1.807) is 0 Å². The Kier molecular flexibility index (Phi) is 6.34. The van der Waals surface area contributed by atoms with Crippen molar-refractivity contribution in [3.63, 3.8) is 0 Å². The van der Waals surface area contributed by atoms with E-state index in [-0.39, 0.29) is 0 Å². The molecule has 3 heteroatoms. The molecule has 256 valence electrons. The summed E-state index contributed by atoms with van der Waals surface area (Å²) in [4.78, 5) is 0. The fraction of sp³-hybridized carbons (Fsp3) is 0. The number of ether oxygens (including phenoxy) is 1. The molecule has 1 aliphatic rings. The highest BCUT2D eigenvalue weighted by atomic mass is 16.5. The van der Waals surface area contributed by atoms with Crippen LogP contribution >= 0.6 is 0 Å². The monoisotopic (exact) mass is 700 g/mol. The molecule has 55 heavy (non-hydrogen) atoms. The number of hydrogen-bond acceptors (Lipinski definition) is 1. The van der Waals surface area contributed by atoms with E-state index in [0.717, 1.165) is 45.0 Å². The molecule has 0 radical (unpaired) electrons. The summed E-state index contributed by atoms with van der Waals surface area (Å²) in [7, 11) is 0. The van der Waals surface area contributed by atoms with Gasteiger partial charge in [-0.2, -0.15) is 0 Å². The van der Waals surface area contributed by atoms with Crippen molar-refractivity contribution in [3.05, 3.63) is 194 Å². The van der Waals surface area contributed by atoms with Crippen LogP contribution in [0.15, 0.2) is 194 Å². The first-order valence-corrected chi connectivity index (χ1v) is 18.8. The molecular weight excluding hydrogens is 669 g/mol. The van der Waals surface area contributed by atoms with Gasteiger partial charge in [-0.05, 0) is 106 Å². The molecule has 0 amide bonds. The third-order valence-corrected chi connectivity index (χ3v) is 11.5. The van der Waals surface area contributed by atoms with Gasteiger partial charge in [-0.15, -0.1) is 0 Å². The zero-order chi connectivity index (χ0) is 36.0. The Hall–Kier alpha value is -7.36. The van der Waals surface area contributed by atoms with E-state index in [9.17, 15) is 0 Å². The quantitative estimate of drug-likeness (QED) is 0.179. The van der Waals surface area contributed by atoms with Crippen molar-refractivity contribution < 1.29 is 4.74 Å². The van der Waals surface area contributed by atoms with E-state index < -0.39 is 0 Å². The fourth-order valence-corrected chi connectivity index (χ4v) is 9.05. The second-order valence-electron chi connectivity index (χ2n) is 14.5. The SMILES string of the molecule is c1ccc(-c2ccc3c(c2)c2ccccc2n3-c2ccc(-c3ccc4c(c3)-c3cc5c(c6cccc(c36)O4)c3ccccc3n5-c3ccccc3)cc2)cc1. The Labute approximate surface area is 317 Å². The minimum absolute atomic E-state index is 0.877. The number of benzene rings is 9. The van der Waals surface area contributed by atoms with Gasteiger partial charge in [0.1, 0.15) is 11.5 Å². The molecule has 0 saturated heterocycles. The lowest BCUT2D eigenvalue weighted by atomic mass is 9.90. The number of hydrogen-bond donors (Lipinski definition) is 0. The molecule has 11 aromatic rings. The predicted molar refractivity (Wildman–Crippen MR) is 229 cm³/mol. The lowest BCUT2D eigenvalue weighted by Crippen LogP contribution is -1.99. The summed E-state index contributed by atoms with van der Waals surface area (Å²) in [5.41, 5.74) is 14.1. The summed E-state index contributed by atoms with van der Waals surface area (Å²) < 4.78 is 11.5. The molecule has 0 atom stereocenters. The Morgan fingerprint density at radius 3 is 1.69 bits per heavy atom. The first kappa shape index (κ1) is 30.1. The van der Waals surface area contributed by atoms with Gasteiger partial charge in [0.05, 0.1) is 22.1 Å². The largest absolute Gasteiger partial charge is 0.456 e. The van der Waals surface area contributed by atoms with Crippen LogP contribution in [-0.2, 0) is 0 Å². The average Bonchev–Trinajstić information content (AvgIpc) is 3.77. The van der Waals surface area contributed by atoms with Gasteiger partial charge in [0.25, 0.3) is 0 Å². The van der Waals surface area contributed by atoms with Crippen LogP contribution in [0.5, 0.6) is 11.5 Å². The molecule has 9 aromatic carbocycles. The highest BCUT2D eigenvalue weighted by Crippen LogP contribution is 2.51. The van der Waals surface area contributed by atoms with Crippen molar-refractivity contribution in [1.82, 2.24) is 9.13 Å². The zero-order valence-corrected chi connectivity index (χ0v) is 29.8. The molecule has 0 N–H and O–H groups in total. The Morgan fingerprint density at radius 2 is 0.873 bits per heavy atom. The normalized spacial score (nSPS) is 12.1. The molecule has 0 bridgehead atoms. The van der Waals surface area contributed by atoms with Gasteiger partial charge in [-0.1, -0.05) is 121 Å². The second-order valence-corrected chi connectivity index (χ2v) is 14.5. The molecule has 0 unspecified atom stereocenters. The summed E-state index contributed by atoms with van der Waals surface area (Å²) >= 11 is 0. The van der Waals surface area contributed by atoms with Crippen LogP contribution in [0.2, 0.25) is 0 Å². The van der Waals surface area contributed by atoms with Crippen LogP contribution in [0.3, 0.4) is 0 Å². The van der Waals surface area contributed by atoms with Crippen LogP contribution in [-0.4, -0.2) is 9.13 Å². The van der Waals surface area contributed by atoms with Crippen LogP contribution in [0, 0.1) is 0 Å². The van der Waals surface area contributed by atoms with E-state index in [1.807, 2.05) is 0 Å². The van der Waals surface area contributed by atoms with E-state index in [0.29, 0.717) is 0 Å². The lowest BCUT2D eigenvalue weighted by molar-refractivity contribution is 0.487. The second kappa shape index (κ2) is 11.6. The molecule has 0 fully saturated rings. The van der Waals surface area contributed by atoms with E-state index in [1.165, 1.54) is 65.7 Å². The number of rotatable bonds is 4. The maximum atomic E-state index is 6.67. The van der Waals surface area contributed by atoms with Crippen LogP contribution in [0.1, 0.15) is 0 Å². The Balaban J connectivity index is 1.00. The third-order valence-electron chi connectivity index (χ3n) is 11.5. The molecule has 12 rings (SSSR count). The van der Waals surface area contributed by atoms with Crippen molar-refractivity contribution in [1.29, 1.82) is 0 Å². The summed E-state index contributed by atoms with van der Waals surface area (Å²) in [5, 5.41) is 7.37. The molecule has 0 aliphatic carbocycles.